The number of amides is 2. The van der Waals surface area contributed by atoms with Gasteiger partial charge in [-0.15, -0.1) is 0 Å². The third-order valence-corrected chi connectivity index (χ3v) is 6.26. The second kappa shape index (κ2) is 7.55. The number of sulfonamides is 1. The standard InChI is InChI=1S/C18H20ClN3O3S/c1-13-7-8-16(12-17(13)22-9-2-3-10-26(22,24)25)21-18(23)20-15-6-4-5-14(19)11-15/h4-8,11-12H,2-3,9-10H2,1H3,(H2,20,21,23). The molecular formula is C18H20ClN3O3S. The highest BCUT2D eigenvalue weighted by atomic mass is 35.5. The van der Waals surface area contributed by atoms with Crippen LogP contribution in [-0.4, -0.2) is 26.7 Å². The van der Waals surface area contributed by atoms with E-state index in [0.717, 1.165) is 12.0 Å². The Morgan fingerprint density at radius 2 is 1.81 bits per heavy atom. The molecule has 6 nitrogen and oxygen atoms in total. The van der Waals surface area contributed by atoms with Gasteiger partial charge in [-0.3, -0.25) is 4.31 Å². The lowest BCUT2D eigenvalue weighted by atomic mass is 10.1. The second-order valence-electron chi connectivity index (χ2n) is 6.19. The number of nitrogens with one attached hydrogen (secondary N) is 2. The summed E-state index contributed by atoms with van der Waals surface area (Å²) in [5.74, 6) is 0.152. The number of nitrogens with zero attached hydrogens (tertiary/aromatic N) is 1. The SMILES string of the molecule is Cc1ccc(NC(=O)Nc2cccc(Cl)c2)cc1N1CCCCS1(=O)=O. The first-order valence-electron chi connectivity index (χ1n) is 8.30. The average molecular weight is 394 g/mol. The summed E-state index contributed by atoms with van der Waals surface area (Å²) in [5.41, 5.74) is 2.54. The van der Waals surface area contributed by atoms with Gasteiger partial charge in [0, 0.05) is 22.9 Å². The Kier molecular flexibility index (Phi) is 5.38. The highest BCUT2D eigenvalue weighted by Gasteiger charge is 2.27. The van der Waals surface area contributed by atoms with Crippen molar-refractivity contribution in [1.82, 2.24) is 0 Å². The summed E-state index contributed by atoms with van der Waals surface area (Å²) < 4.78 is 26.1. The number of benzene rings is 2. The minimum Gasteiger partial charge on any atom is -0.308 e. The number of hydrogen-bond acceptors (Lipinski definition) is 3. The Labute approximate surface area is 158 Å². The Hall–Kier alpha value is -2.25. The quantitative estimate of drug-likeness (QED) is 0.819. The predicted molar refractivity (Wildman–Crippen MR) is 106 cm³/mol. The monoisotopic (exact) mass is 393 g/mol. The van der Waals surface area contributed by atoms with Gasteiger partial charge in [-0.05, 0) is 55.7 Å². The molecular weight excluding hydrogens is 374 g/mol. The van der Waals surface area contributed by atoms with E-state index in [4.69, 9.17) is 11.6 Å². The molecule has 8 heteroatoms. The third-order valence-electron chi connectivity index (χ3n) is 4.17. The molecule has 2 aromatic carbocycles. The number of hydrogen-bond donors (Lipinski definition) is 2. The van der Waals surface area contributed by atoms with E-state index >= 15 is 0 Å². The van der Waals surface area contributed by atoms with Crippen LogP contribution in [0.15, 0.2) is 42.5 Å². The van der Waals surface area contributed by atoms with Crippen molar-refractivity contribution in [1.29, 1.82) is 0 Å². The molecule has 0 bridgehead atoms. The highest BCUT2D eigenvalue weighted by molar-refractivity contribution is 7.92. The van der Waals surface area contributed by atoms with Gasteiger partial charge in [-0.2, -0.15) is 0 Å². The molecule has 3 rings (SSSR count). The summed E-state index contributed by atoms with van der Waals surface area (Å²) in [6.45, 7) is 2.32. The molecule has 2 amide bonds. The van der Waals surface area contributed by atoms with E-state index in [0.29, 0.717) is 35.1 Å². The van der Waals surface area contributed by atoms with Crippen molar-refractivity contribution < 1.29 is 13.2 Å². The number of carbonyl (C=O) groups is 1. The number of rotatable bonds is 3. The first-order chi connectivity index (χ1) is 12.3. The average Bonchev–Trinajstić information content (AvgIpc) is 2.56. The molecule has 26 heavy (non-hydrogen) atoms. The van der Waals surface area contributed by atoms with Gasteiger partial charge in [0.25, 0.3) is 0 Å². The number of halogens is 1. The lowest BCUT2D eigenvalue weighted by molar-refractivity contribution is 0.262. The van der Waals surface area contributed by atoms with Crippen LogP contribution in [0.3, 0.4) is 0 Å². The van der Waals surface area contributed by atoms with E-state index in [2.05, 4.69) is 10.6 Å². The number of carbonyl (C=O) groups excluding carboxylic acids is 1. The predicted octanol–water partition coefficient (Wildman–Crippen LogP) is 4.22. The summed E-state index contributed by atoms with van der Waals surface area (Å²) in [7, 11) is -3.31. The largest absolute Gasteiger partial charge is 0.323 e. The van der Waals surface area contributed by atoms with Crippen LogP contribution in [0.25, 0.3) is 0 Å². The molecule has 0 saturated carbocycles. The van der Waals surface area contributed by atoms with Gasteiger partial charge in [-0.25, -0.2) is 13.2 Å². The molecule has 1 saturated heterocycles. The van der Waals surface area contributed by atoms with E-state index in [1.54, 1.807) is 42.5 Å². The molecule has 0 atom stereocenters. The van der Waals surface area contributed by atoms with Crippen LogP contribution >= 0.6 is 11.6 Å². The molecule has 0 spiro atoms. The van der Waals surface area contributed by atoms with Crippen molar-refractivity contribution >= 4 is 44.7 Å². The van der Waals surface area contributed by atoms with Crippen LogP contribution in [0.5, 0.6) is 0 Å². The minimum atomic E-state index is -3.31. The summed E-state index contributed by atoms with van der Waals surface area (Å²) in [4.78, 5) is 12.2. The van der Waals surface area contributed by atoms with Crippen molar-refractivity contribution in [3.05, 3.63) is 53.1 Å². The topological polar surface area (TPSA) is 78.5 Å². The highest BCUT2D eigenvalue weighted by Crippen LogP contribution is 2.29. The zero-order valence-electron chi connectivity index (χ0n) is 14.3. The van der Waals surface area contributed by atoms with E-state index in [1.165, 1.54) is 4.31 Å². The molecule has 2 N–H and O–H groups in total. The second-order valence-corrected chi connectivity index (χ2v) is 8.64. The lowest BCUT2D eigenvalue weighted by Crippen LogP contribution is -2.38. The molecule has 0 aromatic heterocycles. The van der Waals surface area contributed by atoms with Crippen LogP contribution in [0.2, 0.25) is 5.02 Å². The van der Waals surface area contributed by atoms with Gasteiger partial charge in [0.1, 0.15) is 0 Å². The molecule has 1 aliphatic heterocycles. The van der Waals surface area contributed by atoms with Crippen molar-refractivity contribution in [2.45, 2.75) is 19.8 Å². The van der Waals surface area contributed by atoms with Crippen molar-refractivity contribution in [3.63, 3.8) is 0 Å². The third kappa shape index (κ3) is 4.28. The van der Waals surface area contributed by atoms with Gasteiger partial charge in [0.15, 0.2) is 0 Å². The molecule has 1 fully saturated rings. The minimum absolute atomic E-state index is 0.152. The number of aryl methyl sites for hydroxylation is 1. The van der Waals surface area contributed by atoms with Gasteiger partial charge in [-0.1, -0.05) is 23.7 Å². The van der Waals surface area contributed by atoms with E-state index in [1.807, 2.05) is 6.92 Å². The van der Waals surface area contributed by atoms with E-state index in [-0.39, 0.29) is 5.75 Å². The van der Waals surface area contributed by atoms with Crippen molar-refractivity contribution in [2.24, 2.45) is 0 Å². The molecule has 0 radical (unpaired) electrons. The van der Waals surface area contributed by atoms with Crippen LogP contribution < -0.4 is 14.9 Å². The summed E-state index contributed by atoms with van der Waals surface area (Å²) >= 11 is 5.91. The van der Waals surface area contributed by atoms with Gasteiger partial charge in [0.05, 0.1) is 11.4 Å². The molecule has 2 aromatic rings. The smallest absolute Gasteiger partial charge is 0.308 e. The summed E-state index contributed by atoms with van der Waals surface area (Å²) in [6.07, 6.45) is 1.50. The van der Waals surface area contributed by atoms with Gasteiger partial charge in [0.2, 0.25) is 10.0 Å². The summed E-state index contributed by atoms with van der Waals surface area (Å²) in [6, 6.07) is 11.6. The number of urea groups is 1. The van der Waals surface area contributed by atoms with Crippen molar-refractivity contribution in [2.75, 3.05) is 27.2 Å². The van der Waals surface area contributed by atoms with E-state index in [9.17, 15) is 13.2 Å². The maximum absolute atomic E-state index is 12.4. The molecule has 138 valence electrons. The van der Waals surface area contributed by atoms with Crippen LogP contribution in [-0.2, 0) is 10.0 Å². The Bertz CT molecular complexity index is 931. The van der Waals surface area contributed by atoms with Gasteiger partial charge < -0.3 is 10.6 Å². The molecule has 0 unspecified atom stereocenters. The Balaban J connectivity index is 1.78. The number of anilines is 3. The lowest BCUT2D eigenvalue weighted by Gasteiger charge is -2.29. The summed E-state index contributed by atoms with van der Waals surface area (Å²) in [5, 5.41) is 5.95. The zero-order valence-corrected chi connectivity index (χ0v) is 15.9. The zero-order chi connectivity index (χ0) is 18.7. The first-order valence-corrected chi connectivity index (χ1v) is 10.3. The van der Waals surface area contributed by atoms with Gasteiger partial charge >= 0.3 is 6.03 Å². The Morgan fingerprint density at radius 3 is 2.50 bits per heavy atom. The first kappa shape index (κ1) is 18.5. The van der Waals surface area contributed by atoms with Crippen LogP contribution in [0.4, 0.5) is 21.9 Å². The molecule has 1 heterocycles. The molecule has 0 aliphatic carbocycles. The fourth-order valence-electron chi connectivity index (χ4n) is 2.87. The van der Waals surface area contributed by atoms with Crippen LogP contribution in [0, 0.1) is 6.92 Å². The van der Waals surface area contributed by atoms with Crippen LogP contribution in [0.1, 0.15) is 18.4 Å². The van der Waals surface area contributed by atoms with E-state index < -0.39 is 16.1 Å². The maximum Gasteiger partial charge on any atom is 0.323 e. The van der Waals surface area contributed by atoms with Crippen molar-refractivity contribution in [3.8, 4) is 0 Å². The normalized spacial score (nSPS) is 16.2. The molecule has 1 aliphatic rings. The fraction of sp³-hybridized carbons (Fsp3) is 0.278. The maximum atomic E-state index is 12.4. The fourth-order valence-corrected chi connectivity index (χ4v) is 4.76. The Morgan fingerprint density at radius 1 is 1.08 bits per heavy atom.